The Bertz CT molecular complexity index is 799. The van der Waals surface area contributed by atoms with Crippen LogP contribution in [0, 0.1) is 5.41 Å². The number of nitrogens with zero attached hydrogens (tertiary/aromatic N) is 3. The second-order valence-corrected chi connectivity index (χ2v) is 8.88. The van der Waals surface area contributed by atoms with Gasteiger partial charge in [-0.15, -0.1) is 0 Å². The van der Waals surface area contributed by atoms with Crippen molar-refractivity contribution in [3.05, 3.63) is 17.3 Å². The first kappa shape index (κ1) is 20.2. The van der Waals surface area contributed by atoms with Gasteiger partial charge < -0.3 is 20.0 Å². The first-order chi connectivity index (χ1) is 13.9. The predicted octanol–water partition coefficient (Wildman–Crippen LogP) is 2.95. The van der Waals surface area contributed by atoms with Gasteiger partial charge in [-0.2, -0.15) is 0 Å². The third-order valence-electron chi connectivity index (χ3n) is 6.60. The van der Waals surface area contributed by atoms with Crippen LogP contribution in [-0.4, -0.2) is 63.9 Å². The van der Waals surface area contributed by atoms with Crippen molar-refractivity contribution in [1.82, 2.24) is 9.88 Å². The van der Waals surface area contributed by atoms with Gasteiger partial charge in [0.25, 0.3) is 0 Å². The summed E-state index contributed by atoms with van der Waals surface area (Å²) in [6.07, 6.45) is 5.92. The minimum atomic E-state index is -1.17. The number of likely N-dealkylation sites (tertiary alicyclic amines) is 1. The van der Waals surface area contributed by atoms with Crippen LogP contribution in [-0.2, 0) is 4.79 Å². The van der Waals surface area contributed by atoms with E-state index in [1.165, 1.54) is 6.20 Å². The molecule has 9 heteroatoms. The molecule has 2 amide bonds. The highest BCUT2D eigenvalue weighted by Gasteiger charge is 2.51. The molecule has 3 N–H and O–H groups in total. The fourth-order valence-corrected chi connectivity index (χ4v) is 5.40. The molecule has 1 spiro atoms. The van der Waals surface area contributed by atoms with Crippen LogP contribution < -0.4 is 10.2 Å². The van der Waals surface area contributed by atoms with E-state index in [1.54, 1.807) is 6.07 Å². The summed E-state index contributed by atoms with van der Waals surface area (Å²) in [4.78, 5) is 32.7. The van der Waals surface area contributed by atoms with Crippen molar-refractivity contribution in [2.24, 2.45) is 5.41 Å². The van der Waals surface area contributed by atoms with E-state index < -0.39 is 11.5 Å². The molecule has 1 atom stereocenters. The normalized spacial score (nSPS) is 30.1. The highest BCUT2D eigenvalue weighted by Crippen LogP contribution is 2.44. The Morgan fingerprint density at radius 2 is 2.00 bits per heavy atom. The lowest BCUT2D eigenvalue weighted by Crippen LogP contribution is -2.50. The highest BCUT2D eigenvalue weighted by molar-refractivity contribution is 6.33. The molecule has 0 bridgehead atoms. The van der Waals surface area contributed by atoms with Crippen molar-refractivity contribution in [1.29, 1.82) is 0 Å². The Hall–Kier alpha value is -2.06. The van der Waals surface area contributed by atoms with E-state index in [9.17, 15) is 14.7 Å². The summed E-state index contributed by atoms with van der Waals surface area (Å²) in [5.41, 5.74) is -0.0855. The van der Waals surface area contributed by atoms with Crippen LogP contribution in [0.5, 0.6) is 0 Å². The molecule has 3 fully saturated rings. The molecule has 0 aromatic carbocycles. The van der Waals surface area contributed by atoms with Crippen LogP contribution in [0.4, 0.5) is 16.3 Å². The molecule has 1 aliphatic carbocycles. The van der Waals surface area contributed by atoms with E-state index in [-0.39, 0.29) is 18.1 Å². The second-order valence-electron chi connectivity index (χ2n) is 8.48. The number of aliphatic hydroxyl groups excluding tert-OH is 1. The molecular formula is C20H27ClN4O4. The maximum atomic E-state index is 13.4. The van der Waals surface area contributed by atoms with E-state index >= 15 is 0 Å². The number of rotatable bonds is 3. The third-order valence-corrected chi connectivity index (χ3v) is 6.88. The molecular weight excluding hydrogens is 396 g/mol. The summed E-state index contributed by atoms with van der Waals surface area (Å²) >= 11 is 6.39. The second kappa shape index (κ2) is 7.99. The first-order valence-corrected chi connectivity index (χ1v) is 10.7. The number of piperidine rings is 1. The lowest BCUT2D eigenvalue weighted by Gasteiger charge is -2.41. The number of aromatic nitrogens is 1. The lowest BCUT2D eigenvalue weighted by atomic mass is 9.78. The molecule has 3 aliphatic rings. The number of carbonyl (C=O) groups is 2. The van der Waals surface area contributed by atoms with Crippen LogP contribution in [0.25, 0.3) is 0 Å². The molecule has 29 heavy (non-hydrogen) atoms. The van der Waals surface area contributed by atoms with Gasteiger partial charge in [-0.25, -0.2) is 9.78 Å². The maximum absolute atomic E-state index is 13.4. The highest BCUT2D eigenvalue weighted by atomic mass is 35.5. The summed E-state index contributed by atoms with van der Waals surface area (Å²) in [7, 11) is 0. The van der Waals surface area contributed by atoms with Crippen LogP contribution in [0.1, 0.15) is 44.9 Å². The number of aliphatic hydroxyl groups is 1. The minimum absolute atomic E-state index is 0.226. The summed E-state index contributed by atoms with van der Waals surface area (Å²) < 4.78 is 0. The van der Waals surface area contributed by atoms with Gasteiger partial charge in [-0.1, -0.05) is 11.6 Å². The number of carbonyl (C=O) groups excluding carboxylic acids is 1. The van der Waals surface area contributed by atoms with Gasteiger partial charge in [0.2, 0.25) is 5.91 Å². The van der Waals surface area contributed by atoms with Gasteiger partial charge in [0.1, 0.15) is 5.82 Å². The van der Waals surface area contributed by atoms with Crippen LogP contribution in [0.2, 0.25) is 5.02 Å². The Balaban J connectivity index is 1.48. The first-order valence-electron chi connectivity index (χ1n) is 10.3. The number of hydrogen-bond acceptors (Lipinski definition) is 5. The topological polar surface area (TPSA) is 106 Å². The van der Waals surface area contributed by atoms with Crippen molar-refractivity contribution in [3.8, 4) is 0 Å². The number of pyridine rings is 1. The molecule has 1 aromatic heterocycles. The zero-order valence-electron chi connectivity index (χ0n) is 16.3. The molecule has 8 nitrogen and oxygen atoms in total. The maximum Gasteiger partial charge on any atom is 0.409 e. The van der Waals surface area contributed by atoms with Gasteiger partial charge in [0.15, 0.2) is 0 Å². The van der Waals surface area contributed by atoms with E-state index in [2.05, 4.69) is 15.2 Å². The van der Waals surface area contributed by atoms with Gasteiger partial charge >= 0.3 is 6.09 Å². The van der Waals surface area contributed by atoms with Crippen LogP contribution in [0.15, 0.2) is 12.3 Å². The number of anilines is 2. The van der Waals surface area contributed by atoms with Crippen molar-refractivity contribution in [2.75, 3.05) is 29.9 Å². The molecule has 1 saturated carbocycles. The number of amides is 2. The monoisotopic (exact) mass is 422 g/mol. The number of halogens is 1. The average molecular weight is 423 g/mol. The van der Waals surface area contributed by atoms with E-state index in [1.807, 2.05) is 4.90 Å². The third kappa shape index (κ3) is 4.00. The minimum Gasteiger partial charge on any atom is -0.465 e. The van der Waals surface area contributed by atoms with Crippen molar-refractivity contribution < 1.29 is 19.8 Å². The molecule has 0 unspecified atom stereocenters. The number of carboxylic acid groups (broad SMARTS) is 1. The summed E-state index contributed by atoms with van der Waals surface area (Å²) in [5.74, 6) is 0.817. The predicted molar refractivity (Wildman–Crippen MR) is 109 cm³/mol. The van der Waals surface area contributed by atoms with Gasteiger partial charge in [-0.3, -0.25) is 10.1 Å². The van der Waals surface area contributed by atoms with E-state index in [0.717, 1.165) is 58.0 Å². The van der Waals surface area contributed by atoms with Crippen LogP contribution >= 0.6 is 11.6 Å². The quantitative estimate of drug-likeness (QED) is 0.691. The zero-order chi connectivity index (χ0) is 20.6. The Morgan fingerprint density at radius 3 is 2.69 bits per heavy atom. The summed E-state index contributed by atoms with van der Waals surface area (Å²) in [6.45, 7) is 2.12. The largest absolute Gasteiger partial charge is 0.465 e. The Kier molecular flexibility index (Phi) is 5.57. The van der Waals surface area contributed by atoms with Crippen molar-refractivity contribution in [3.63, 3.8) is 0 Å². The van der Waals surface area contributed by atoms with E-state index in [0.29, 0.717) is 23.1 Å². The molecule has 1 aromatic rings. The van der Waals surface area contributed by atoms with Crippen molar-refractivity contribution in [2.45, 2.75) is 57.1 Å². The lowest BCUT2D eigenvalue weighted by molar-refractivity contribution is -0.139. The summed E-state index contributed by atoms with van der Waals surface area (Å²) in [6, 6.07) is 1.79. The van der Waals surface area contributed by atoms with Crippen LogP contribution in [0.3, 0.4) is 0 Å². The molecule has 0 radical (unpaired) electrons. The van der Waals surface area contributed by atoms with Gasteiger partial charge in [0, 0.05) is 25.7 Å². The molecule has 2 aliphatic heterocycles. The smallest absolute Gasteiger partial charge is 0.409 e. The van der Waals surface area contributed by atoms with E-state index in [4.69, 9.17) is 16.7 Å². The standard InChI is InChI=1S/C20H27ClN4O4/c21-16-10-13(23-19(28)29)11-22-17(16)24-8-1-6-20(12-24)7-9-25(18(20)27)14-2-4-15(26)5-3-14/h10-11,14-15,23,26H,1-9,12H2,(H,28,29)/t14-,15-,20-/m0/s1. The number of hydrogen-bond donors (Lipinski definition) is 3. The summed E-state index contributed by atoms with van der Waals surface area (Å²) in [5, 5.41) is 21.2. The number of nitrogens with one attached hydrogen (secondary N) is 1. The average Bonchev–Trinajstić information content (AvgIpc) is 2.98. The fourth-order valence-electron chi connectivity index (χ4n) is 5.11. The fraction of sp³-hybridized carbons (Fsp3) is 0.650. The molecule has 2 saturated heterocycles. The zero-order valence-corrected chi connectivity index (χ0v) is 17.1. The van der Waals surface area contributed by atoms with Crippen molar-refractivity contribution >= 4 is 35.1 Å². The van der Waals surface area contributed by atoms with Gasteiger partial charge in [-0.05, 0) is 51.0 Å². The Morgan fingerprint density at radius 1 is 1.24 bits per heavy atom. The Labute approximate surface area is 174 Å². The van der Waals surface area contributed by atoms with Gasteiger partial charge in [0.05, 0.1) is 28.4 Å². The molecule has 4 rings (SSSR count). The SMILES string of the molecule is O=C(O)Nc1cnc(N2CCC[C@]3(CCN([C@H]4CC[C@H](O)CC4)C3=O)C2)c(Cl)c1. The molecule has 3 heterocycles. The molecule has 158 valence electrons.